The van der Waals surface area contributed by atoms with Gasteiger partial charge >= 0.3 is 0 Å². The van der Waals surface area contributed by atoms with Crippen LogP contribution in [0.15, 0.2) is 60.8 Å². The van der Waals surface area contributed by atoms with Crippen molar-refractivity contribution in [2.45, 2.75) is 20.5 Å². The summed E-state index contributed by atoms with van der Waals surface area (Å²) in [6, 6.07) is 17.3. The Labute approximate surface area is 146 Å². The standard InChI is InChI=1S/C20H18ClNO2/c1-14-6-5-7-15(2)20(14)24-19-11-10-17(12-22-19)23-13-16-8-3-4-9-18(16)21/h3-12H,13H2,1-2H3. The number of hydrogen-bond donors (Lipinski definition) is 0. The van der Waals surface area contributed by atoms with Crippen molar-refractivity contribution >= 4 is 11.6 Å². The average molecular weight is 340 g/mol. The van der Waals surface area contributed by atoms with Gasteiger partial charge in [0.15, 0.2) is 0 Å². The predicted octanol–water partition coefficient (Wildman–Crippen LogP) is 5.72. The summed E-state index contributed by atoms with van der Waals surface area (Å²) < 4.78 is 11.6. The molecule has 2 aromatic carbocycles. The van der Waals surface area contributed by atoms with Gasteiger partial charge in [0.05, 0.1) is 6.20 Å². The number of aromatic nitrogens is 1. The molecular formula is C20H18ClNO2. The van der Waals surface area contributed by atoms with Crippen LogP contribution in [-0.2, 0) is 6.61 Å². The van der Waals surface area contributed by atoms with Crippen LogP contribution in [0.4, 0.5) is 0 Å². The Morgan fingerprint density at radius 3 is 2.33 bits per heavy atom. The van der Waals surface area contributed by atoms with Gasteiger partial charge in [0.25, 0.3) is 0 Å². The number of ether oxygens (including phenoxy) is 2. The maximum absolute atomic E-state index is 6.12. The average Bonchev–Trinajstić information content (AvgIpc) is 2.59. The molecule has 0 aliphatic carbocycles. The Hall–Kier alpha value is -2.52. The first-order valence-corrected chi connectivity index (χ1v) is 8.07. The highest BCUT2D eigenvalue weighted by Gasteiger charge is 2.06. The summed E-state index contributed by atoms with van der Waals surface area (Å²) in [6.07, 6.45) is 1.65. The third kappa shape index (κ3) is 3.87. The fraction of sp³-hybridized carbons (Fsp3) is 0.150. The third-order valence-corrected chi connectivity index (χ3v) is 4.05. The molecule has 0 aliphatic rings. The van der Waals surface area contributed by atoms with Crippen LogP contribution < -0.4 is 9.47 Å². The fourth-order valence-electron chi connectivity index (χ4n) is 2.35. The van der Waals surface area contributed by atoms with Crippen LogP contribution >= 0.6 is 11.6 Å². The molecule has 0 fully saturated rings. The van der Waals surface area contributed by atoms with E-state index in [1.165, 1.54) is 0 Å². The highest BCUT2D eigenvalue weighted by atomic mass is 35.5. The normalized spacial score (nSPS) is 10.5. The molecule has 0 atom stereocenters. The first kappa shape index (κ1) is 16.3. The van der Waals surface area contributed by atoms with Crippen molar-refractivity contribution < 1.29 is 9.47 Å². The molecule has 24 heavy (non-hydrogen) atoms. The van der Waals surface area contributed by atoms with Crippen LogP contribution in [0.25, 0.3) is 0 Å². The molecule has 0 saturated carbocycles. The van der Waals surface area contributed by atoms with Crippen LogP contribution in [0.2, 0.25) is 5.02 Å². The van der Waals surface area contributed by atoms with Gasteiger partial charge in [0.1, 0.15) is 18.1 Å². The number of aryl methyl sites for hydroxylation is 2. The van der Waals surface area contributed by atoms with Crippen LogP contribution in [-0.4, -0.2) is 4.98 Å². The maximum Gasteiger partial charge on any atom is 0.219 e. The molecule has 1 heterocycles. The third-order valence-electron chi connectivity index (χ3n) is 3.68. The van der Waals surface area contributed by atoms with Crippen LogP contribution in [0, 0.1) is 13.8 Å². The highest BCUT2D eigenvalue weighted by molar-refractivity contribution is 6.31. The van der Waals surface area contributed by atoms with E-state index in [0.29, 0.717) is 23.3 Å². The van der Waals surface area contributed by atoms with Gasteiger partial charge < -0.3 is 9.47 Å². The lowest BCUT2D eigenvalue weighted by molar-refractivity contribution is 0.304. The fourth-order valence-corrected chi connectivity index (χ4v) is 2.54. The van der Waals surface area contributed by atoms with Crippen LogP contribution in [0.1, 0.15) is 16.7 Å². The summed E-state index contributed by atoms with van der Waals surface area (Å²) in [5, 5.41) is 0.695. The molecule has 3 aromatic rings. The molecule has 0 unspecified atom stereocenters. The molecule has 3 rings (SSSR count). The summed E-state index contributed by atoms with van der Waals surface area (Å²) in [5.74, 6) is 2.05. The van der Waals surface area contributed by atoms with E-state index < -0.39 is 0 Å². The monoisotopic (exact) mass is 339 g/mol. The molecule has 0 bridgehead atoms. The minimum atomic E-state index is 0.401. The van der Waals surface area contributed by atoms with Gasteiger partial charge in [-0.15, -0.1) is 0 Å². The molecule has 0 spiro atoms. The number of para-hydroxylation sites is 1. The van der Waals surface area contributed by atoms with E-state index >= 15 is 0 Å². The molecule has 122 valence electrons. The van der Waals surface area contributed by atoms with E-state index in [0.717, 1.165) is 22.4 Å². The first-order valence-electron chi connectivity index (χ1n) is 7.70. The minimum absolute atomic E-state index is 0.401. The second-order valence-corrected chi connectivity index (χ2v) is 5.94. The number of pyridine rings is 1. The highest BCUT2D eigenvalue weighted by Crippen LogP contribution is 2.28. The lowest BCUT2D eigenvalue weighted by Crippen LogP contribution is -1.97. The topological polar surface area (TPSA) is 31.4 Å². The largest absolute Gasteiger partial charge is 0.487 e. The van der Waals surface area contributed by atoms with Gasteiger partial charge in [-0.05, 0) is 37.1 Å². The lowest BCUT2D eigenvalue weighted by atomic mass is 10.1. The summed E-state index contributed by atoms with van der Waals surface area (Å²) >= 11 is 6.12. The second kappa shape index (κ2) is 7.37. The van der Waals surface area contributed by atoms with Crippen molar-refractivity contribution in [3.63, 3.8) is 0 Å². The molecule has 0 aliphatic heterocycles. The quantitative estimate of drug-likeness (QED) is 0.595. The number of nitrogens with zero attached hydrogens (tertiary/aromatic N) is 1. The predicted molar refractivity (Wildman–Crippen MR) is 96.0 cm³/mol. The zero-order valence-electron chi connectivity index (χ0n) is 13.6. The van der Waals surface area contributed by atoms with Crippen molar-refractivity contribution in [1.82, 2.24) is 4.98 Å². The van der Waals surface area contributed by atoms with Crippen molar-refractivity contribution in [1.29, 1.82) is 0 Å². The second-order valence-electron chi connectivity index (χ2n) is 5.54. The van der Waals surface area contributed by atoms with Gasteiger partial charge in [0.2, 0.25) is 5.88 Å². The van der Waals surface area contributed by atoms with Gasteiger partial charge in [-0.3, -0.25) is 0 Å². The first-order chi connectivity index (χ1) is 11.6. The number of hydrogen-bond acceptors (Lipinski definition) is 3. The SMILES string of the molecule is Cc1cccc(C)c1Oc1ccc(OCc2ccccc2Cl)cn1. The number of halogens is 1. The minimum Gasteiger partial charge on any atom is -0.487 e. The number of rotatable bonds is 5. The Morgan fingerprint density at radius 1 is 0.917 bits per heavy atom. The summed E-state index contributed by atoms with van der Waals surface area (Å²) in [4.78, 5) is 4.31. The van der Waals surface area contributed by atoms with E-state index in [9.17, 15) is 0 Å². The van der Waals surface area contributed by atoms with Crippen molar-refractivity contribution in [3.05, 3.63) is 82.5 Å². The molecule has 0 radical (unpaired) electrons. The molecule has 4 heteroatoms. The van der Waals surface area contributed by atoms with E-state index in [-0.39, 0.29) is 0 Å². The Kier molecular flexibility index (Phi) is 5.02. The zero-order chi connectivity index (χ0) is 16.9. The molecular weight excluding hydrogens is 322 g/mol. The Morgan fingerprint density at radius 2 is 1.67 bits per heavy atom. The van der Waals surface area contributed by atoms with Crippen molar-refractivity contribution in [2.75, 3.05) is 0 Å². The van der Waals surface area contributed by atoms with Crippen molar-refractivity contribution in [2.24, 2.45) is 0 Å². The smallest absolute Gasteiger partial charge is 0.219 e. The Balaban J connectivity index is 1.66. The van der Waals surface area contributed by atoms with E-state index in [4.69, 9.17) is 21.1 Å². The van der Waals surface area contributed by atoms with Gasteiger partial charge in [-0.25, -0.2) is 4.98 Å². The Bertz CT molecular complexity index is 811. The van der Waals surface area contributed by atoms with E-state index in [1.807, 2.05) is 62.4 Å². The zero-order valence-corrected chi connectivity index (χ0v) is 14.4. The summed E-state index contributed by atoms with van der Waals surface area (Å²) in [6.45, 7) is 4.44. The van der Waals surface area contributed by atoms with Crippen LogP contribution in [0.5, 0.6) is 17.4 Å². The van der Waals surface area contributed by atoms with Gasteiger partial charge in [0, 0.05) is 16.7 Å². The summed E-state index contributed by atoms with van der Waals surface area (Å²) in [5.41, 5.74) is 3.10. The molecule has 1 aromatic heterocycles. The van der Waals surface area contributed by atoms with E-state index in [1.54, 1.807) is 12.3 Å². The molecule has 0 saturated heterocycles. The van der Waals surface area contributed by atoms with Crippen molar-refractivity contribution in [3.8, 4) is 17.4 Å². The van der Waals surface area contributed by atoms with Gasteiger partial charge in [-0.2, -0.15) is 0 Å². The molecule has 0 amide bonds. The molecule has 0 N–H and O–H groups in total. The summed E-state index contributed by atoms with van der Waals surface area (Å²) in [7, 11) is 0. The van der Waals surface area contributed by atoms with Gasteiger partial charge in [-0.1, -0.05) is 48.0 Å². The maximum atomic E-state index is 6.12. The van der Waals surface area contributed by atoms with Crippen LogP contribution in [0.3, 0.4) is 0 Å². The number of benzene rings is 2. The van der Waals surface area contributed by atoms with E-state index in [2.05, 4.69) is 4.98 Å². The molecule has 3 nitrogen and oxygen atoms in total. The lowest BCUT2D eigenvalue weighted by Gasteiger charge is -2.11.